The lowest BCUT2D eigenvalue weighted by molar-refractivity contribution is -0.139. The molecule has 1 unspecified atom stereocenters. The molecule has 0 saturated heterocycles. The maximum Gasteiger partial charge on any atom is 0.326 e. The smallest absolute Gasteiger partial charge is 0.326 e. The average molecular weight is 273 g/mol. The van der Waals surface area contributed by atoms with E-state index < -0.39 is 18.0 Å². The molecule has 0 bridgehead atoms. The van der Waals surface area contributed by atoms with Crippen molar-refractivity contribution in [3.05, 3.63) is 0 Å². The van der Waals surface area contributed by atoms with Crippen LogP contribution in [0.4, 0.5) is 4.79 Å². The van der Waals surface area contributed by atoms with E-state index in [1.807, 2.05) is 13.8 Å². The number of carboxylic acid groups (broad SMARTS) is 1. The Hall–Kier alpha value is -1.79. The molecule has 0 aliphatic rings. The summed E-state index contributed by atoms with van der Waals surface area (Å²) in [4.78, 5) is 33.5. The third-order valence-electron chi connectivity index (χ3n) is 2.67. The van der Waals surface area contributed by atoms with E-state index >= 15 is 0 Å². The number of rotatable bonds is 8. The molecule has 0 aromatic rings. The van der Waals surface area contributed by atoms with Crippen molar-refractivity contribution in [2.75, 3.05) is 6.54 Å². The summed E-state index contributed by atoms with van der Waals surface area (Å²) in [6, 6.07) is -1.38. The average Bonchev–Trinajstić information content (AvgIpc) is 2.35. The van der Waals surface area contributed by atoms with Crippen LogP contribution in [0.2, 0.25) is 0 Å². The molecule has 0 saturated carbocycles. The molecule has 0 rings (SSSR count). The van der Waals surface area contributed by atoms with E-state index in [1.165, 1.54) is 0 Å². The molecule has 19 heavy (non-hydrogen) atoms. The fraction of sp³-hybridized carbons (Fsp3) is 0.750. The number of carbonyl (C=O) groups is 3. The number of aliphatic carboxylic acids is 1. The number of nitrogens with one attached hydrogen (secondary N) is 3. The highest BCUT2D eigenvalue weighted by atomic mass is 16.4. The summed E-state index contributed by atoms with van der Waals surface area (Å²) in [5.41, 5.74) is 0. The molecule has 4 N–H and O–H groups in total. The molecule has 0 aliphatic heterocycles. The molecule has 0 aromatic heterocycles. The molecule has 0 spiro atoms. The van der Waals surface area contributed by atoms with Gasteiger partial charge in [-0.25, -0.2) is 9.59 Å². The first-order chi connectivity index (χ1) is 8.90. The first-order valence-corrected chi connectivity index (χ1v) is 6.47. The fourth-order valence-corrected chi connectivity index (χ4v) is 1.29. The van der Waals surface area contributed by atoms with Crippen LogP contribution in [0, 0.1) is 0 Å². The van der Waals surface area contributed by atoms with E-state index in [0.29, 0.717) is 6.42 Å². The molecule has 7 nitrogen and oxygen atoms in total. The zero-order valence-electron chi connectivity index (χ0n) is 11.7. The standard InChI is InChI=1S/C12H23N3O4/c1-4-8(3)14-10(16)6-7-13-12(19)15-9(5-2)11(17)18/h8-9H,4-7H2,1-3H3,(H,14,16)(H,17,18)(H2,13,15,19)/t8?,9-/m0/s1. The topological polar surface area (TPSA) is 108 Å². The Kier molecular flexibility index (Phi) is 8.32. The number of carbonyl (C=O) groups excluding carboxylic acids is 2. The van der Waals surface area contributed by atoms with Crippen LogP contribution in [-0.2, 0) is 9.59 Å². The Balaban J connectivity index is 3.85. The lowest BCUT2D eigenvalue weighted by atomic mass is 10.2. The van der Waals surface area contributed by atoms with Crippen molar-refractivity contribution < 1.29 is 19.5 Å². The van der Waals surface area contributed by atoms with Crippen LogP contribution in [0.5, 0.6) is 0 Å². The summed E-state index contributed by atoms with van der Waals surface area (Å²) in [6.45, 7) is 5.70. The van der Waals surface area contributed by atoms with Gasteiger partial charge in [0.15, 0.2) is 0 Å². The predicted octanol–water partition coefficient (Wildman–Crippen LogP) is 0.454. The van der Waals surface area contributed by atoms with Crippen LogP contribution in [0.15, 0.2) is 0 Å². The van der Waals surface area contributed by atoms with Crippen LogP contribution in [0.3, 0.4) is 0 Å². The molecule has 0 radical (unpaired) electrons. The molecule has 0 aromatic carbocycles. The van der Waals surface area contributed by atoms with Crippen molar-refractivity contribution in [3.8, 4) is 0 Å². The minimum Gasteiger partial charge on any atom is -0.480 e. The highest BCUT2D eigenvalue weighted by molar-refractivity contribution is 5.83. The predicted molar refractivity (Wildman–Crippen MR) is 70.8 cm³/mol. The Labute approximate surface area is 113 Å². The zero-order chi connectivity index (χ0) is 14.8. The van der Waals surface area contributed by atoms with Crippen LogP contribution in [-0.4, -0.2) is 41.6 Å². The second-order valence-electron chi connectivity index (χ2n) is 4.33. The highest BCUT2D eigenvalue weighted by Crippen LogP contribution is 1.91. The van der Waals surface area contributed by atoms with Crippen LogP contribution < -0.4 is 16.0 Å². The Bertz CT molecular complexity index is 320. The van der Waals surface area contributed by atoms with E-state index in [-0.39, 0.29) is 24.9 Å². The Morgan fingerprint density at radius 3 is 2.21 bits per heavy atom. The summed E-state index contributed by atoms with van der Waals surface area (Å²) in [7, 11) is 0. The van der Waals surface area contributed by atoms with Crippen LogP contribution in [0.1, 0.15) is 40.0 Å². The van der Waals surface area contributed by atoms with Crippen molar-refractivity contribution in [3.63, 3.8) is 0 Å². The second-order valence-corrected chi connectivity index (χ2v) is 4.33. The van der Waals surface area contributed by atoms with Crippen molar-refractivity contribution in [2.45, 2.75) is 52.1 Å². The van der Waals surface area contributed by atoms with Crippen molar-refractivity contribution >= 4 is 17.9 Å². The lowest BCUT2D eigenvalue weighted by Gasteiger charge is -2.14. The number of carboxylic acids is 1. The second kappa shape index (κ2) is 9.18. The molecule has 0 heterocycles. The van der Waals surface area contributed by atoms with E-state index in [2.05, 4.69) is 16.0 Å². The fourth-order valence-electron chi connectivity index (χ4n) is 1.29. The summed E-state index contributed by atoms with van der Waals surface area (Å²) < 4.78 is 0. The quantitative estimate of drug-likeness (QED) is 0.515. The maximum atomic E-state index is 11.4. The van der Waals surface area contributed by atoms with Gasteiger partial charge in [-0.2, -0.15) is 0 Å². The minimum absolute atomic E-state index is 0.109. The first kappa shape index (κ1) is 17.2. The van der Waals surface area contributed by atoms with Gasteiger partial charge in [0.25, 0.3) is 0 Å². The number of urea groups is 1. The monoisotopic (exact) mass is 273 g/mol. The minimum atomic E-state index is -1.08. The van der Waals surface area contributed by atoms with Gasteiger partial charge in [-0.1, -0.05) is 13.8 Å². The lowest BCUT2D eigenvalue weighted by Crippen LogP contribution is -2.46. The molecular formula is C12H23N3O4. The number of hydrogen-bond acceptors (Lipinski definition) is 3. The Morgan fingerprint density at radius 2 is 1.74 bits per heavy atom. The van der Waals surface area contributed by atoms with Gasteiger partial charge in [-0.15, -0.1) is 0 Å². The van der Waals surface area contributed by atoms with Gasteiger partial charge in [-0.05, 0) is 19.8 Å². The van der Waals surface area contributed by atoms with Gasteiger partial charge >= 0.3 is 12.0 Å². The van der Waals surface area contributed by atoms with E-state index in [9.17, 15) is 14.4 Å². The zero-order valence-corrected chi connectivity index (χ0v) is 11.7. The highest BCUT2D eigenvalue weighted by Gasteiger charge is 2.17. The third kappa shape index (κ3) is 8.01. The molecule has 7 heteroatoms. The molecule has 2 atom stereocenters. The molecular weight excluding hydrogens is 250 g/mol. The summed E-state index contributed by atoms with van der Waals surface area (Å²) in [5, 5.41) is 16.3. The van der Waals surface area contributed by atoms with E-state index in [0.717, 1.165) is 6.42 Å². The van der Waals surface area contributed by atoms with Crippen LogP contribution >= 0.6 is 0 Å². The third-order valence-corrected chi connectivity index (χ3v) is 2.67. The van der Waals surface area contributed by atoms with Gasteiger partial charge in [0.2, 0.25) is 5.91 Å². The van der Waals surface area contributed by atoms with Gasteiger partial charge in [0.05, 0.1) is 0 Å². The first-order valence-electron chi connectivity index (χ1n) is 6.47. The SMILES string of the molecule is CCC(C)NC(=O)CCNC(=O)N[C@@H](CC)C(=O)O. The van der Waals surface area contributed by atoms with Gasteiger partial charge in [-0.3, -0.25) is 4.79 Å². The van der Waals surface area contributed by atoms with Crippen molar-refractivity contribution in [2.24, 2.45) is 0 Å². The Morgan fingerprint density at radius 1 is 1.11 bits per heavy atom. The molecule has 0 aliphatic carbocycles. The van der Waals surface area contributed by atoms with Crippen LogP contribution in [0.25, 0.3) is 0 Å². The normalized spacial score (nSPS) is 13.2. The molecule has 0 fully saturated rings. The van der Waals surface area contributed by atoms with Crippen molar-refractivity contribution in [1.29, 1.82) is 0 Å². The molecule has 110 valence electrons. The van der Waals surface area contributed by atoms with E-state index in [1.54, 1.807) is 6.92 Å². The summed E-state index contributed by atoms with van der Waals surface area (Å²) >= 11 is 0. The number of amides is 3. The summed E-state index contributed by atoms with van der Waals surface area (Å²) in [6.07, 6.45) is 1.31. The maximum absolute atomic E-state index is 11.4. The van der Waals surface area contributed by atoms with E-state index in [4.69, 9.17) is 5.11 Å². The van der Waals surface area contributed by atoms with Gasteiger partial charge < -0.3 is 21.1 Å². The summed E-state index contributed by atoms with van der Waals surface area (Å²) in [5.74, 6) is -1.22. The van der Waals surface area contributed by atoms with Gasteiger partial charge in [0, 0.05) is 19.0 Å². The molecule has 3 amide bonds. The van der Waals surface area contributed by atoms with Crippen molar-refractivity contribution in [1.82, 2.24) is 16.0 Å². The number of hydrogen-bond donors (Lipinski definition) is 4. The van der Waals surface area contributed by atoms with Gasteiger partial charge in [0.1, 0.15) is 6.04 Å². The largest absolute Gasteiger partial charge is 0.480 e.